The van der Waals surface area contributed by atoms with Crippen molar-refractivity contribution in [2.24, 2.45) is 11.7 Å². The highest BCUT2D eigenvalue weighted by Crippen LogP contribution is 2.32. The first-order valence-corrected chi connectivity index (χ1v) is 7.35. The van der Waals surface area contributed by atoms with Gasteiger partial charge in [0, 0.05) is 12.6 Å². The molecule has 1 aromatic carbocycles. The van der Waals surface area contributed by atoms with Crippen molar-refractivity contribution in [1.29, 1.82) is 0 Å². The molecule has 2 aliphatic carbocycles. The van der Waals surface area contributed by atoms with Crippen LogP contribution in [0.2, 0.25) is 0 Å². The smallest absolute Gasteiger partial charge is 0.227 e. The van der Waals surface area contributed by atoms with E-state index in [-0.39, 0.29) is 11.8 Å². The van der Waals surface area contributed by atoms with Crippen LogP contribution in [0, 0.1) is 5.92 Å². The summed E-state index contributed by atoms with van der Waals surface area (Å²) in [5, 5.41) is 3.12. The maximum absolute atomic E-state index is 12.3. The Balaban J connectivity index is 1.61. The monoisotopic (exact) mass is 258 g/mol. The predicted octanol–water partition coefficient (Wildman–Crippen LogP) is 1.96. The van der Waals surface area contributed by atoms with Crippen LogP contribution in [-0.2, 0) is 11.2 Å². The van der Waals surface area contributed by atoms with Gasteiger partial charge in [0.1, 0.15) is 0 Å². The molecule has 0 aromatic heterocycles. The quantitative estimate of drug-likeness (QED) is 0.870. The molecule has 1 atom stereocenters. The number of nitrogens with one attached hydrogen (secondary N) is 1. The highest BCUT2D eigenvalue weighted by molar-refractivity contribution is 5.84. The lowest BCUT2D eigenvalue weighted by atomic mass is 9.80. The van der Waals surface area contributed by atoms with E-state index in [0.29, 0.717) is 12.0 Å². The molecule has 3 heteroatoms. The zero-order valence-electron chi connectivity index (χ0n) is 11.3. The summed E-state index contributed by atoms with van der Waals surface area (Å²) < 4.78 is 0. The topological polar surface area (TPSA) is 55.1 Å². The molecular formula is C16H22N2O. The van der Waals surface area contributed by atoms with Crippen LogP contribution < -0.4 is 11.1 Å². The van der Waals surface area contributed by atoms with Crippen molar-refractivity contribution in [2.45, 2.75) is 44.1 Å². The molecule has 1 saturated carbocycles. The molecule has 3 rings (SSSR count). The van der Waals surface area contributed by atoms with Gasteiger partial charge in [0.25, 0.3) is 0 Å². The van der Waals surface area contributed by atoms with Gasteiger partial charge in [-0.25, -0.2) is 0 Å². The van der Waals surface area contributed by atoms with Crippen molar-refractivity contribution in [2.75, 3.05) is 6.54 Å². The highest BCUT2D eigenvalue weighted by atomic mass is 16.1. The molecule has 3 N–H and O–H groups in total. The first-order valence-electron chi connectivity index (χ1n) is 7.35. The molecule has 0 bridgehead atoms. The fourth-order valence-electron chi connectivity index (χ4n) is 3.35. The molecule has 3 nitrogen and oxygen atoms in total. The summed E-state index contributed by atoms with van der Waals surface area (Å²) in [4.78, 5) is 12.3. The van der Waals surface area contributed by atoms with Gasteiger partial charge in [-0.15, -0.1) is 0 Å². The Kier molecular flexibility index (Phi) is 3.56. The van der Waals surface area contributed by atoms with Crippen molar-refractivity contribution in [1.82, 2.24) is 5.32 Å². The summed E-state index contributed by atoms with van der Waals surface area (Å²) in [6.07, 6.45) is 5.32. The van der Waals surface area contributed by atoms with Gasteiger partial charge in [0.2, 0.25) is 5.91 Å². The van der Waals surface area contributed by atoms with E-state index in [9.17, 15) is 4.79 Å². The van der Waals surface area contributed by atoms with Crippen molar-refractivity contribution < 1.29 is 4.79 Å². The number of hydrogen-bond donors (Lipinski definition) is 2. The van der Waals surface area contributed by atoms with Gasteiger partial charge in [0.05, 0.1) is 5.92 Å². The molecule has 0 spiro atoms. The van der Waals surface area contributed by atoms with E-state index in [4.69, 9.17) is 5.73 Å². The zero-order valence-corrected chi connectivity index (χ0v) is 11.3. The maximum Gasteiger partial charge on any atom is 0.227 e. The first-order chi connectivity index (χ1) is 9.24. The first kappa shape index (κ1) is 12.7. The van der Waals surface area contributed by atoms with Crippen molar-refractivity contribution in [3.8, 4) is 0 Å². The minimum Gasteiger partial charge on any atom is -0.355 e. The number of aryl methyl sites for hydroxylation is 1. The third kappa shape index (κ3) is 2.66. The Morgan fingerprint density at radius 3 is 2.89 bits per heavy atom. The Morgan fingerprint density at radius 2 is 2.11 bits per heavy atom. The lowest BCUT2D eigenvalue weighted by Crippen LogP contribution is -2.43. The van der Waals surface area contributed by atoms with Crippen LogP contribution in [0.15, 0.2) is 24.3 Å². The molecular weight excluding hydrogens is 236 g/mol. The van der Waals surface area contributed by atoms with Crippen molar-refractivity contribution in [3.63, 3.8) is 0 Å². The van der Waals surface area contributed by atoms with E-state index in [1.165, 1.54) is 11.1 Å². The van der Waals surface area contributed by atoms with E-state index < -0.39 is 0 Å². The maximum atomic E-state index is 12.3. The average molecular weight is 258 g/mol. The Bertz CT molecular complexity index is 466. The molecule has 0 radical (unpaired) electrons. The van der Waals surface area contributed by atoms with E-state index in [1.807, 2.05) is 6.07 Å². The second-order valence-corrected chi connectivity index (χ2v) is 5.99. The fraction of sp³-hybridized carbons (Fsp3) is 0.562. The molecule has 1 amide bonds. The minimum absolute atomic E-state index is 0.0544. The highest BCUT2D eigenvalue weighted by Gasteiger charge is 2.29. The molecule has 1 fully saturated rings. The lowest BCUT2D eigenvalue weighted by molar-refractivity contribution is -0.123. The van der Waals surface area contributed by atoms with Crippen molar-refractivity contribution in [3.05, 3.63) is 35.4 Å². The number of hydrogen-bond acceptors (Lipinski definition) is 2. The second-order valence-electron chi connectivity index (χ2n) is 5.99. The van der Waals surface area contributed by atoms with Gasteiger partial charge in [0.15, 0.2) is 0 Å². The average Bonchev–Trinajstić information content (AvgIpc) is 2.41. The number of carbonyl (C=O) groups is 1. The standard InChI is InChI=1S/C16H22N2O/c17-13-8-11(9-13)10-18-16(19)15-7-3-5-12-4-1-2-6-14(12)15/h1-2,4,6,11,13,15H,3,5,7-10,17H2,(H,18,19). The molecule has 1 aromatic rings. The number of rotatable bonds is 3. The summed E-state index contributed by atoms with van der Waals surface area (Å²) in [5.41, 5.74) is 8.35. The summed E-state index contributed by atoms with van der Waals surface area (Å²) >= 11 is 0. The van der Waals surface area contributed by atoms with Crippen LogP contribution >= 0.6 is 0 Å². The second kappa shape index (κ2) is 5.33. The number of carbonyl (C=O) groups excluding carboxylic acids is 1. The molecule has 0 aliphatic heterocycles. The summed E-state index contributed by atoms with van der Waals surface area (Å²) in [6.45, 7) is 0.797. The van der Waals surface area contributed by atoms with Crippen LogP contribution in [0.4, 0.5) is 0 Å². The number of amides is 1. The van der Waals surface area contributed by atoms with Crippen LogP contribution in [0.5, 0.6) is 0 Å². The Morgan fingerprint density at radius 1 is 1.32 bits per heavy atom. The van der Waals surface area contributed by atoms with Gasteiger partial charge in [-0.3, -0.25) is 4.79 Å². The number of nitrogens with two attached hydrogens (primary N) is 1. The Labute approximate surface area is 114 Å². The number of fused-ring (bicyclic) bond motifs is 1. The van der Waals surface area contributed by atoms with E-state index in [0.717, 1.165) is 38.6 Å². The van der Waals surface area contributed by atoms with Gasteiger partial charge < -0.3 is 11.1 Å². The SMILES string of the molecule is NC1CC(CNC(=O)C2CCCc3ccccc32)C1. The summed E-state index contributed by atoms with van der Waals surface area (Å²) in [7, 11) is 0. The zero-order chi connectivity index (χ0) is 13.2. The largest absolute Gasteiger partial charge is 0.355 e. The molecule has 0 saturated heterocycles. The van der Waals surface area contributed by atoms with Crippen LogP contribution in [0.25, 0.3) is 0 Å². The molecule has 0 heterocycles. The molecule has 1 unspecified atom stereocenters. The normalized spacial score (nSPS) is 29.2. The molecule has 102 valence electrons. The number of benzene rings is 1. The third-order valence-electron chi connectivity index (χ3n) is 4.52. The lowest BCUT2D eigenvalue weighted by Gasteiger charge is -2.33. The predicted molar refractivity (Wildman–Crippen MR) is 75.8 cm³/mol. The third-order valence-corrected chi connectivity index (χ3v) is 4.52. The van der Waals surface area contributed by atoms with Crippen molar-refractivity contribution >= 4 is 5.91 Å². The Hall–Kier alpha value is -1.35. The van der Waals surface area contributed by atoms with E-state index in [2.05, 4.69) is 23.5 Å². The molecule has 2 aliphatic rings. The van der Waals surface area contributed by atoms with E-state index in [1.54, 1.807) is 0 Å². The molecule has 19 heavy (non-hydrogen) atoms. The van der Waals surface area contributed by atoms with Gasteiger partial charge in [-0.05, 0) is 49.1 Å². The fourth-order valence-corrected chi connectivity index (χ4v) is 3.35. The van der Waals surface area contributed by atoms with Gasteiger partial charge >= 0.3 is 0 Å². The van der Waals surface area contributed by atoms with E-state index >= 15 is 0 Å². The van der Waals surface area contributed by atoms with Gasteiger partial charge in [-0.2, -0.15) is 0 Å². The summed E-state index contributed by atoms with van der Waals surface area (Å²) in [5.74, 6) is 0.851. The minimum atomic E-state index is 0.0544. The van der Waals surface area contributed by atoms with Gasteiger partial charge in [-0.1, -0.05) is 24.3 Å². The van der Waals surface area contributed by atoms with Crippen LogP contribution in [0.3, 0.4) is 0 Å². The van der Waals surface area contributed by atoms with Crippen LogP contribution in [-0.4, -0.2) is 18.5 Å². The summed E-state index contributed by atoms with van der Waals surface area (Å²) in [6, 6.07) is 8.72. The van der Waals surface area contributed by atoms with Crippen LogP contribution in [0.1, 0.15) is 42.7 Å².